The molecule has 0 fully saturated rings. The Morgan fingerprint density at radius 1 is 0.370 bits per heavy atom. The number of nitrogen functional groups attached to an aromatic ring is 3. The fourth-order valence-electron chi connectivity index (χ4n) is 9.48. The van der Waals surface area contributed by atoms with Crippen molar-refractivity contribution < 1.29 is 319 Å². The van der Waals surface area contributed by atoms with Gasteiger partial charge in [0.1, 0.15) is 48.1 Å². The van der Waals surface area contributed by atoms with Gasteiger partial charge in [-0.25, -0.2) is 4.79 Å². The Hall–Kier alpha value is -6.17. The molecule has 0 spiro atoms. The summed E-state index contributed by atoms with van der Waals surface area (Å²) in [6.07, 6.45) is 0. The van der Waals surface area contributed by atoms with Gasteiger partial charge in [0, 0.05) is 27.8 Å². The van der Waals surface area contributed by atoms with E-state index in [9.17, 15) is 107 Å². The molecule has 50 heteroatoms. The number of nitrogens with zero attached hydrogens (tertiary/aromatic N) is 12. The number of hydrogen-bond acceptors (Lipinski definition) is 34. The van der Waals surface area contributed by atoms with Crippen LogP contribution in [0.3, 0.4) is 0 Å². The molecule has 10 rings (SSSR count). The van der Waals surface area contributed by atoms with Crippen LogP contribution in [0.1, 0.15) is 31.1 Å². The minimum absolute atomic E-state index is 0. The Balaban J connectivity index is 0.00000432. The first-order chi connectivity index (χ1) is 47.3. The van der Waals surface area contributed by atoms with Crippen molar-refractivity contribution in [2.45, 2.75) is 19.6 Å². The molecular formula is C58H34N15Na7O24S4. The van der Waals surface area contributed by atoms with E-state index >= 15 is 0 Å². The molecule has 0 aromatic heterocycles. The number of carbonyl (C=O) groups excluding carboxylic acids is 2. The number of rotatable bonds is 20. The van der Waals surface area contributed by atoms with Gasteiger partial charge in [-0.3, -0.25) is 18.2 Å². The van der Waals surface area contributed by atoms with Gasteiger partial charge in [-0.05, 0) is 113 Å². The number of fused-ring (bicyclic) bond motifs is 3. The molecule has 11 N–H and O–H groups in total. The predicted octanol–water partition coefficient (Wildman–Crippen LogP) is -13.8. The molecule has 0 radical (unpaired) electrons. The van der Waals surface area contributed by atoms with E-state index in [1.54, 1.807) is 0 Å². The van der Waals surface area contributed by atoms with Crippen molar-refractivity contribution in [1.29, 1.82) is 0 Å². The van der Waals surface area contributed by atoms with Crippen LogP contribution in [0.25, 0.3) is 32.3 Å². The Labute approximate surface area is 761 Å². The van der Waals surface area contributed by atoms with Crippen LogP contribution in [0.15, 0.2) is 202 Å². The Morgan fingerprint density at radius 3 is 1.12 bits per heavy atom. The Bertz CT molecular complexity index is 6030. The van der Waals surface area contributed by atoms with Crippen LogP contribution in [0.4, 0.5) is 85.3 Å². The van der Waals surface area contributed by atoms with Gasteiger partial charge in [-0.2, -0.15) is 54.1 Å². The third kappa shape index (κ3) is 20.9. The van der Waals surface area contributed by atoms with E-state index in [2.05, 4.69) is 61.4 Å². The zero-order valence-electron chi connectivity index (χ0n) is 56.8. The quantitative estimate of drug-likeness (QED) is 0.0152. The molecule has 0 amide bonds. The number of methoxy groups -OCH3 is 1. The molecule has 516 valence electrons. The summed E-state index contributed by atoms with van der Waals surface area (Å²) in [6.45, 7) is 0. The smallest absolute Gasteiger partial charge is 0.872 e. The minimum atomic E-state index is -5.55. The Morgan fingerprint density at radius 2 is 0.704 bits per heavy atom. The fraction of sp³-hybridized carbons (Fsp3) is 0.0172. The van der Waals surface area contributed by atoms with E-state index in [-0.39, 0.29) is 280 Å². The van der Waals surface area contributed by atoms with Crippen LogP contribution >= 0.6 is 0 Å². The number of azo groups is 6. The summed E-state index contributed by atoms with van der Waals surface area (Å²) in [4.78, 5) is 30.5. The second-order valence-corrected chi connectivity index (χ2v) is 26.0. The van der Waals surface area contributed by atoms with E-state index in [1.807, 2.05) is 0 Å². The zero-order chi connectivity index (χ0) is 73.7. The van der Waals surface area contributed by atoms with Crippen molar-refractivity contribution in [2.75, 3.05) is 24.3 Å². The normalized spacial score (nSPS) is 11.8. The van der Waals surface area contributed by atoms with Crippen LogP contribution in [-0.4, -0.2) is 82.0 Å². The summed E-state index contributed by atoms with van der Waals surface area (Å²) in [7, 11) is -20.8. The van der Waals surface area contributed by atoms with E-state index in [0.717, 1.165) is 98.1 Å². The number of carboxylic acids is 3. The number of benzene rings is 10. The van der Waals surface area contributed by atoms with E-state index < -0.39 is 174 Å². The standard InChI is InChI=1S/C58H41N15O24S4.7Na/c1-97-40-19-26(65-72-51-44(101(94,95)96)21-30-28(54(51)77)7-9-35(60)48(30)69-63-25-5-13-39(75)33(18-25)58(83)84)3-11-37(40)67-73-52-42(99(88,89)90)15-22-14-41(98(85,86)87)49(46(61)45(22)55(52)78)70-66-36-10-2-23(16-31(36)56(79)80)64-71-50-43(100(91,92)93)20-29-27(53(50)76)6-8-34(59)47(29)68-62-24-4-12-38(74)32(17-24)57(81)82;;;;;;;/h2-21,74-78H,59-61H2,1H3,(H,79,80)(H,81,82)(H,83,84)(H,85,86,87)(H,88,89,90)(H,91,92,93)(H,94,95,96);;;;;;;/q;7*+1/p-7. The van der Waals surface area contributed by atoms with Gasteiger partial charge in [-0.1, -0.05) is 53.0 Å². The first-order valence-electron chi connectivity index (χ1n) is 27.1. The summed E-state index contributed by atoms with van der Waals surface area (Å²) < 4.78 is 149. The van der Waals surface area contributed by atoms with Gasteiger partial charge in [0.05, 0.1) is 87.2 Å². The van der Waals surface area contributed by atoms with Crippen molar-refractivity contribution in [3.8, 4) is 34.5 Å². The van der Waals surface area contributed by atoms with Gasteiger partial charge in [-0.15, -0.1) is 40.9 Å². The van der Waals surface area contributed by atoms with Gasteiger partial charge < -0.3 is 72.4 Å². The number of ether oxygens (including phenoxy) is 1. The van der Waals surface area contributed by atoms with Crippen molar-refractivity contribution in [1.82, 2.24) is 0 Å². The molecule has 0 saturated carbocycles. The second-order valence-electron chi connectivity index (χ2n) is 20.5. The average Bonchev–Trinajstić information content (AvgIpc) is 0.748. The molecule has 0 aliphatic carbocycles. The number of carboxylic acid groups (broad SMARTS) is 3. The molecule has 0 aliphatic rings. The number of aromatic carboxylic acids is 3. The van der Waals surface area contributed by atoms with Crippen molar-refractivity contribution >= 4 is 176 Å². The third-order valence-corrected chi connectivity index (χ3v) is 17.6. The molecule has 0 heterocycles. The summed E-state index contributed by atoms with van der Waals surface area (Å²) in [6, 6.07) is 18.2. The molecule has 39 nitrogen and oxygen atoms in total. The SMILES string of the molecule is COc1cc(N=Nc2c(S(=O)(=O)O)cc3c(N=Nc4ccc([O-])c(C(=O)O)c4)c(N)ccc3c2[O-])ccc1N=Nc1c(S(=O)(=O)O)cc2cc(S(=O)(=O)O)c(N=Nc3ccc(N=Nc4c(S(=O)(=O)O)cc5c(N=Nc6ccc([O-])c(C(=O)[O-])c6)c(N)ccc5c4[O-])cc3C(=O)[O-])c(N)c2c1[O-].[Na+].[Na+].[Na+].[Na+].[Na+].[Na+].[Na+]. The maximum Gasteiger partial charge on any atom is 1.00 e. The number of nitrogens with two attached hydrogens (primary N) is 3. The maximum atomic E-state index is 14.4. The van der Waals surface area contributed by atoms with Crippen LogP contribution in [-0.2, 0) is 40.5 Å². The molecule has 0 aliphatic heterocycles. The first-order valence-corrected chi connectivity index (χ1v) is 32.8. The third-order valence-electron chi connectivity index (χ3n) is 14.2. The second kappa shape index (κ2) is 38.4. The average molecular weight is 1610 g/mol. The number of anilines is 3. The molecular weight excluding hydrogens is 1580 g/mol. The largest absolute Gasteiger partial charge is 1.00 e. The monoisotopic (exact) mass is 1610 g/mol. The van der Waals surface area contributed by atoms with Crippen molar-refractivity contribution in [3.05, 3.63) is 138 Å². The molecule has 0 atom stereocenters. The van der Waals surface area contributed by atoms with E-state index in [1.165, 1.54) is 6.07 Å². The number of carbonyl (C=O) groups is 3. The van der Waals surface area contributed by atoms with Gasteiger partial charge in [0.25, 0.3) is 40.5 Å². The molecule has 0 unspecified atom stereocenters. The summed E-state index contributed by atoms with van der Waals surface area (Å²) in [5.41, 5.74) is 7.27. The van der Waals surface area contributed by atoms with Gasteiger partial charge in [0.2, 0.25) is 0 Å². The van der Waals surface area contributed by atoms with E-state index in [4.69, 9.17) is 21.9 Å². The molecule has 0 bridgehead atoms. The topological polar surface area (TPSA) is 686 Å². The van der Waals surface area contributed by atoms with Crippen LogP contribution in [0.2, 0.25) is 0 Å². The van der Waals surface area contributed by atoms with Crippen molar-refractivity contribution in [3.63, 3.8) is 0 Å². The van der Waals surface area contributed by atoms with Crippen LogP contribution in [0, 0.1) is 0 Å². The predicted molar refractivity (Wildman–Crippen MR) is 335 cm³/mol. The Kier molecular flexibility index (Phi) is 34.1. The van der Waals surface area contributed by atoms with Crippen LogP contribution < -0.4 is 265 Å². The first kappa shape index (κ1) is 96.0. The van der Waals surface area contributed by atoms with Gasteiger partial charge in [0.15, 0.2) is 0 Å². The molecule has 0 saturated heterocycles. The van der Waals surface area contributed by atoms with E-state index in [0.29, 0.717) is 24.3 Å². The number of hydrogen-bond donors (Lipinski definition) is 8. The fourth-order valence-corrected chi connectivity index (χ4v) is 12.1. The summed E-state index contributed by atoms with van der Waals surface area (Å²) in [5, 5.41) is 142. The molecule has 10 aromatic rings. The summed E-state index contributed by atoms with van der Waals surface area (Å²) >= 11 is 0. The molecule has 108 heavy (non-hydrogen) atoms. The van der Waals surface area contributed by atoms with Gasteiger partial charge >= 0.3 is 213 Å². The zero-order valence-corrected chi connectivity index (χ0v) is 74.0. The maximum absolute atomic E-state index is 14.4. The summed E-state index contributed by atoms with van der Waals surface area (Å²) in [5.74, 6) is -11.5. The van der Waals surface area contributed by atoms with Crippen LogP contribution in [0.5, 0.6) is 34.5 Å². The minimum Gasteiger partial charge on any atom is -0.872 e. The van der Waals surface area contributed by atoms with Crippen molar-refractivity contribution in [2.24, 2.45) is 61.4 Å². The molecule has 10 aromatic carbocycles.